The molecule has 7 nitrogen and oxygen atoms in total. The molecular formula is C12H15N3O4S2. The topological polar surface area (TPSA) is 101 Å². The minimum absolute atomic E-state index is 0.0276. The molecule has 0 aliphatic heterocycles. The Hall–Kier alpha value is -1.87. The highest BCUT2D eigenvalue weighted by molar-refractivity contribution is 7.93. The first-order valence-corrected chi connectivity index (χ1v) is 8.48. The van der Waals surface area contributed by atoms with Gasteiger partial charge in [-0.15, -0.1) is 11.3 Å². The summed E-state index contributed by atoms with van der Waals surface area (Å²) in [5.74, 6) is -0.960. The molecule has 0 amide bonds. The Kier molecular flexibility index (Phi) is 4.06. The molecule has 0 bridgehead atoms. The molecule has 0 aromatic carbocycles. The second-order valence-electron chi connectivity index (χ2n) is 4.74. The lowest BCUT2D eigenvalue weighted by atomic mass is 10.3. The van der Waals surface area contributed by atoms with Crippen LogP contribution in [0.3, 0.4) is 0 Å². The van der Waals surface area contributed by atoms with Gasteiger partial charge in [0, 0.05) is 12.1 Å². The van der Waals surface area contributed by atoms with Gasteiger partial charge < -0.3 is 5.11 Å². The third-order valence-corrected chi connectivity index (χ3v) is 5.54. The van der Waals surface area contributed by atoms with E-state index in [1.807, 2.05) is 13.8 Å². The van der Waals surface area contributed by atoms with Gasteiger partial charge in [0.25, 0.3) is 10.0 Å². The van der Waals surface area contributed by atoms with E-state index in [-0.39, 0.29) is 15.8 Å². The number of sulfonamides is 1. The van der Waals surface area contributed by atoms with E-state index >= 15 is 0 Å². The molecule has 2 aromatic rings. The summed E-state index contributed by atoms with van der Waals surface area (Å²) < 4.78 is 28.9. The third kappa shape index (κ3) is 2.93. The first kappa shape index (κ1) is 15.5. The average molecular weight is 329 g/mol. The van der Waals surface area contributed by atoms with Crippen molar-refractivity contribution in [1.82, 2.24) is 9.78 Å². The van der Waals surface area contributed by atoms with Gasteiger partial charge in [-0.2, -0.15) is 5.10 Å². The van der Waals surface area contributed by atoms with Gasteiger partial charge in [0.15, 0.2) is 0 Å². The van der Waals surface area contributed by atoms with Crippen LogP contribution in [-0.4, -0.2) is 29.3 Å². The summed E-state index contributed by atoms with van der Waals surface area (Å²) in [4.78, 5) is 10.8. The van der Waals surface area contributed by atoms with Crippen LogP contribution in [0.2, 0.25) is 0 Å². The molecule has 114 valence electrons. The molecule has 0 saturated carbocycles. The molecular weight excluding hydrogens is 314 g/mol. The van der Waals surface area contributed by atoms with Crippen molar-refractivity contribution in [2.75, 3.05) is 4.72 Å². The van der Waals surface area contributed by atoms with Crippen molar-refractivity contribution in [3.63, 3.8) is 0 Å². The molecule has 0 spiro atoms. The summed E-state index contributed by atoms with van der Waals surface area (Å²) >= 11 is 0.893. The number of hydrogen-bond donors (Lipinski definition) is 2. The molecule has 0 aliphatic carbocycles. The van der Waals surface area contributed by atoms with Crippen molar-refractivity contribution in [3.05, 3.63) is 28.1 Å². The molecule has 9 heteroatoms. The normalized spacial score (nSPS) is 11.8. The Morgan fingerprint density at radius 1 is 1.48 bits per heavy atom. The van der Waals surface area contributed by atoms with Crippen molar-refractivity contribution in [1.29, 1.82) is 0 Å². The van der Waals surface area contributed by atoms with Gasteiger partial charge in [0.2, 0.25) is 0 Å². The van der Waals surface area contributed by atoms with Crippen molar-refractivity contribution >= 4 is 33.1 Å². The van der Waals surface area contributed by atoms with Crippen LogP contribution in [-0.2, 0) is 10.0 Å². The van der Waals surface area contributed by atoms with E-state index in [4.69, 9.17) is 5.11 Å². The lowest BCUT2D eigenvalue weighted by molar-refractivity contribution is 0.0698. The Balaban J connectivity index is 2.46. The lowest BCUT2D eigenvalue weighted by Crippen LogP contribution is -2.19. The lowest BCUT2D eigenvalue weighted by Gasteiger charge is -2.13. The van der Waals surface area contributed by atoms with Gasteiger partial charge in [0.05, 0.1) is 6.20 Å². The number of aromatic nitrogens is 2. The monoisotopic (exact) mass is 329 g/mol. The van der Waals surface area contributed by atoms with Crippen LogP contribution >= 0.6 is 11.3 Å². The minimum Gasteiger partial charge on any atom is -0.477 e. The van der Waals surface area contributed by atoms with E-state index in [1.54, 1.807) is 6.92 Å². The maximum absolute atomic E-state index is 12.5. The number of carboxylic acids is 1. The number of nitrogens with zero attached hydrogens (tertiary/aromatic N) is 2. The van der Waals surface area contributed by atoms with E-state index < -0.39 is 16.0 Å². The summed E-state index contributed by atoms with van der Waals surface area (Å²) in [7, 11) is -3.98. The van der Waals surface area contributed by atoms with Crippen molar-refractivity contribution in [2.45, 2.75) is 31.7 Å². The van der Waals surface area contributed by atoms with Crippen LogP contribution in [0.25, 0.3) is 0 Å². The van der Waals surface area contributed by atoms with Gasteiger partial charge >= 0.3 is 5.97 Å². The van der Waals surface area contributed by atoms with E-state index in [0.717, 1.165) is 11.3 Å². The van der Waals surface area contributed by atoms with Crippen molar-refractivity contribution < 1.29 is 18.3 Å². The third-order valence-electron chi connectivity index (χ3n) is 2.78. The number of anilines is 1. The largest absolute Gasteiger partial charge is 0.477 e. The molecule has 0 atom stereocenters. The Morgan fingerprint density at radius 3 is 2.71 bits per heavy atom. The second-order valence-corrected chi connectivity index (χ2v) is 7.24. The van der Waals surface area contributed by atoms with Crippen molar-refractivity contribution in [3.8, 4) is 0 Å². The SMILES string of the molecule is Cc1csc(C(=O)O)c1S(=O)(=O)Nc1ccnn1C(C)C. The van der Waals surface area contributed by atoms with Crippen LogP contribution in [0.1, 0.15) is 35.1 Å². The van der Waals surface area contributed by atoms with Gasteiger partial charge in [-0.1, -0.05) is 0 Å². The first-order valence-electron chi connectivity index (χ1n) is 6.11. The molecule has 2 rings (SSSR count). The smallest absolute Gasteiger partial charge is 0.347 e. The molecule has 0 radical (unpaired) electrons. The molecule has 2 aromatic heterocycles. The van der Waals surface area contributed by atoms with Crippen LogP contribution in [0.5, 0.6) is 0 Å². The molecule has 0 aliphatic rings. The second kappa shape index (κ2) is 5.49. The zero-order valence-electron chi connectivity index (χ0n) is 11.7. The molecule has 2 N–H and O–H groups in total. The summed E-state index contributed by atoms with van der Waals surface area (Å²) in [5.41, 5.74) is 0.403. The van der Waals surface area contributed by atoms with E-state index in [2.05, 4.69) is 9.82 Å². The fourth-order valence-corrected chi connectivity index (χ4v) is 4.59. The average Bonchev–Trinajstić information content (AvgIpc) is 2.94. The predicted molar refractivity (Wildman–Crippen MR) is 79.4 cm³/mol. The minimum atomic E-state index is -3.98. The number of hydrogen-bond acceptors (Lipinski definition) is 5. The van der Waals surface area contributed by atoms with E-state index in [0.29, 0.717) is 11.4 Å². The van der Waals surface area contributed by atoms with Crippen molar-refractivity contribution in [2.24, 2.45) is 0 Å². The highest BCUT2D eigenvalue weighted by Crippen LogP contribution is 2.29. The number of nitrogens with one attached hydrogen (secondary N) is 1. The van der Waals surface area contributed by atoms with Gasteiger partial charge in [-0.05, 0) is 31.7 Å². The first-order chi connectivity index (χ1) is 9.74. The molecule has 0 saturated heterocycles. The molecule has 0 fully saturated rings. The van der Waals surface area contributed by atoms with Crippen LogP contribution in [0.15, 0.2) is 22.5 Å². The van der Waals surface area contributed by atoms with Gasteiger partial charge in [-0.25, -0.2) is 17.9 Å². The van der Waals surface area contributed by atoms with Crippen LogP contribution < -0.4 is 4.72 Å². The summed E-state index contributed by atoms with van der Waals surface area (Å²) in [6, 6.07) is 1.50. The maximum Gasteiger partial charge on any atom is 0.347 e. The quantitative estimate of drug-likeness (QED) is 0.876. The fourth-order valence-electron chi connectivity index (χ4n) is 1.91. The van der Waals surface area contributed by atoms with Crippen LogP contribution in [0.4, 0.5) is 5.82 Å². The van der Waals surface area contributed by atoms with Gasteiger partial charge in [-0.3, -0.25) is 4.72 Å². The van der Waals surface area contributed by atoms with E-state index in [9.17, 15) is 13.2 Å². The molecule has 0 unspecified atom stereocenters. The standard InChI is InChI=1S/C12H15N3O4S2/c1-7(2)15-9(4-5-13-15)14-21(18,19)11-8(3)6-20-10(11)12(16)17/h4-7,14H,1-3H3,(H,16,17). The predicted octanol–water partition coefficient (Wildman–Crippen LogP) is 2.33. The molecule has 21 heavy (non-hydrogen) atoms. The summed E-state index contributed by atoms with van der Waals surface area (Å²) in [5, 5.41) is 14.7. The molecule has 2 heterocycles. The number of aromatic carboxylic acids is 1. The fraction of sp³-hybridized carbons (Fsp3) is 0.333. The maximum atomic E-state index is 12.5. The van der Waals surface area contributed by atoms with Gasteiger partial charge in [0.1, 0.15) is 15.6 Å². The number of rotatable bonds is 5. The Bertz CT molecular complexity index is 774. The highest BCUT2D eigenvalue weighted by atomic mass is 32.2. The summed E-state index contributed by atoms with van der Waals surface area (Å²) in [6.45, 7) is 5.30. The zero-order valence-corrected chi connectivity index (χ0v) is 13.3. The van der Waals surface area contributed by atoms with Crippen LogP contribution in [0, 0.1) is 6.92 Å². The highest BCUT2D eigenvalue weighted by Gasteiger charge is 2.27. The summed E-state index contributed by atoms with van der Waals surface area (Å²) in [6.07, 6.45) is 1.48. The zero-order chi connectivity index (χ0) is 15.8. The number of carbonyl (C=O) groups is 1. The number of thiophene rings is 1. The number of carboxylic acid groups (broad SMARTS) is 1. The van der Waals surface area contributed by atoms with E-state index in [1.165, 1.54) is 22.3 Å². The Morgan fingerprint density at radius 2 is 2.14 bits per heavy atom. The number of aryl methyl sites for hydroxylation is 1. The Labute approximate surface area is 126 Å².